The number of hydrogen-bond donors (Lipinski definition) is 1. The number of benzene rings is 2. The topological polar surface area (TPSA) is 79.7 Å². The van der Waals surface area contributed by atoms with Gasteiger partial charge in [-0.15, -0.1) is 11.3 Å². The monoisotopic (exact) mass is 474 g/mol. The predicted octanol–water partition coefficient (Wildman–Crippen LogP) is 5.89. The Bertz CT molecular complexity index is 1190. The fraction of sp³-hybridized carbons (Fsp3) is 0.222. The van der Waals surface area contributed by atoms with Crippen molar-refractivity contribution in [3.8, 4) is 5.75 Å². The predicted molar refractivity (Wildman–Crippen MR) is 134 cm³/mol. The molecule has 1 aliphatic heterocycles. The zero-order valence-electron chi connectivity index (χ0n) is 18.9. The Balaban J connectivity index is 1.64. The first kappa shape index (κ1) is 23.4. The van der Waals surface area contributed by atoms with Crippen LogP contribution in [0.15, 0.2) is 83.6 Å². The fourth-order valence-corrected chi connectivity index (χ4v) is 4.49. The Hall–Kier alpha value is -3.71. The number of allylic oxidation sites excluding steroid dienone is 1. The average molecular weight is 475 g/mol. The first-order valence-corrected chi connectivity index (χ1v) is 12.1. The maximum Gasteiger partial charge on any atom is 0.296 e. The summed E-state index contributed by atoms with van der Waals surface area (Å²) in [6, 6.07) is 15.9. The summed E-state index contributed by atoms with van der Waals surface area (Å²) < 4.78 is 5.80. The van der Waals surface area contributed by atoms with E-state index >= 15 is 0 Å². The number of aromatic nitrogens is 1. The minimum absolute atomic E-state index is 0.0315. The number of nitrogens with zero attached hydrogens (tertiary/aromatic N) is 2. The summed E-state index contributed by atoms with van der Waals surface area (Å²) in [6.45, 7) is 2.78. The van der Waals surface area contributed by atoms with Crippen molar-refractivity contribution in [3.05, 3.63) is 94.7 Å². The Morgan fingerprint density at radius 2 is 1.91 bits per heavy atom. The van der Waals surface area contributed by atoms with E-state index in [1.165, 1.54) is 22.3 Å². The van der Waals surface area contributed by atoms with E-state index in [9.17, 15) is 14.7 Å². The van der Waals surface area contributed by atoms with E-state index in [0.717, 1.165) is 30.6 Å². The van der Waals surface area contributed by atoms with Gasteiger partial charge in [0.05, 0.1) is 18.2 Å². The molecular formula is C27H26N2O4S. The van der Waals surface area contributed by atoms with Crippen LogP contribution in [0.2, 0.25) is 0 Å². The van der Waals surface area contributed by atoms with Crippen LogP contribution in [0.4, 0.5) is 5.13 Å². The second kappa shape index (κ2) is 10.9. The van der Waals surface area contributed by atoms with E-state index in [2.05, 4.69) is 11.9 Å². The number of anilines is 1. The van der Waals surface area contributed by atoms with Crippen molar-refractivity contribution in [2.45, 2.75) is 32.2 Å². The van der Waals surface area contributed by atoms with Gasteiger partial charge >= 0.3 is 0 Å². The van der Waals surface area contributed by atoms with Gasteiger partial charge in [-0.05, 0) is 35.8 Å². The largest absolute Gasteiger partial charge is 0.503 e. The van der Waals surface area contributed by atoms with Crippen LogP contribution in [-0.4, -0.2) is 28.4 Å². The van der Waals surface area contributed by atoms with E-state index in [0.29, 0.717) is 17.3 Å². The number of ketones is 1. The number of aliphatic hydroxyl groups excluding tert-OH is 1. The molecule has 0 saturated carbocycles. The molecule has 0 radical (unpaired) electrons. The number of aliphatic hydroxyl groups is 1. The number of carbonyl (C=O) groups excluding carboxylic acids is 2. The van der Waals surface area contributed by atoms with Gasteiger partial charge in [-0.25, -0.2) is 4.98 Å². The van der Waals surface area contributed by atoms with Crippen LogP contribution < -0.4 is 9.64 Å². The fourth-order valence-electron chi connectivity index (χ4n) is 3.82. The third kappa shape index (κ3) is 5.10. The van der Waals surface area contributed by atoms with Crippen molar-refractivity contribution in [2.24, 2.45) is 0 Å². The molecular weight excluding hydrogens is 448 g/mol. The Morgan fingerprint density at radius 3 is 2.59 bits per heavy atom. The van der Waals surface area contributed by atoms with Gasteiger partial charge in [-0.1, -0.05) is 68.3 Å². The highest BCUT2D eigenvalue weighted by Crippen LogP contribution is 2.42. The van der Waals surface area contributed by atoms with Gasteiger partial charge in [0.1, 0.15) is 5.75 Å². The molecule has 7 heteroatoms. The van der Waals surface area contributed by atoms with Crippen molar-refractivity contribution in [3.63, 3.8) is 0 Å². The van der Waals surface area contributed by atoms with Crippen LogP contribution >= 0.6 is 11.3 Å². The minimum Gasteiger partial charge on any atom is -0.503 e. The summed E-state index contributed by atoms with van der Waals surface area (Å²) in [5, 5.41) is 12.9. The maximum atomic E-state index is 13.2. The van der Waals surface area contributed by atoms with E-state index in [1.807, 2.05) is 54.6 Å². The molecule has 1 amide bonds. The van der Waals surface area contributed by atoms with Crippen LogP contribution in [-0.2, 0) is 9.59 Å². The third-order valence-corrected chi connectivity index (χ3v) is 6.31. The average Bonchev–Trinajstić information content (AvgIpc) is 3.48. The van der Waals surface area contributed by atoms with Crippen LogP contribution in [0, 0.1) is 0 Å². The molecule has 4 rings (SSSR count). The highest BCUT2D eigenvalue weighted by molar-refractivity contribution is 7.13. The van der Waals surface area contributed by atoms with Crippen LogP contribution in [0.1, 0.15) is 43.4 Å². The highest BCUT2D eigenvalue weighted by atomic mass is 32.1. The van der Waals surface area contributed by atoms with Crippen LogP contribution in [0.3, 0.4) is 0 Å². The van der Waals surface area contributed by atoms with Crippen molar-refractivity contribution in [2.75, 3.05) is 11.5 Å². The molecule has 1 aliphatic rings. The van der Waals surface area contributed by atoms with E-state index in [4.69, 9.17) is 4.74 Å². The van der Waals surface area contributed by atoms with Gasteiger partial charge in [0, 0.05) is 11.6 Å². The zero-order valence-corrected chi connectivity index (χ0v) is 19.7. The second-order valence-corrected chi connectivity index (χ2v) is 8.76. The van der Waals surface area contributed by atoms with Gasteiger partial charge in [0.2, 0.25) is 0 Å². The molecule has 1 unspecified atom stereocenters. The summed E-state index contributed by atoms with van der Waals surface area (Å²) in [5.74, 6) is -0.909. The highest BCUT2D eigenvalue weighted by Gasteiger charge is 2.44. The first-order valence-electron chi connectivity index (χ1n) is 11.3. The number of ether oxygens (including phenoxy) is 1. The molecule has 2 heterocycles. The summed E-state index contributed by atoms with van der Waals surface area (Å²) >= 11 is 1.27. The summed E-state index contributed by atoms with van der Waals surface area (Å²) in [6.07, 6.45) is 7.86. The molecule has 3 aromatic rings. The lowest BCUT2D eigenvalue weighted by atomic mass is 9.95. The Kier molecular flexibility index (Phi) is 7.54. The number of carbonyl (C=O) groups is 2. The Morgan fingerprint density at radius 1 is 1.15 bits per heavy atom. The van der Waals surface area contributed by atoms with E-state index in [1.54, 1.807) is 17.7 Å². The van der Waals surface area contributed by atoms with Crippen LogP contribution in [0.25, 0.3) is 6.08 Å². The molecule has 1 N–H and O–H groups in total. The molecule has 6 nitrogen and oxygen atoms in total. The summed E-state index contributed by atoms with van der Waals surface area (Å²) in [4.78, 5) is 31.9. The van der Waals surface area contributed by atoms with Crippen molar-refractivity contribution >= 4 is 34.2 Å². The quantitative estimate of drug-likeness (QED) is 0.293. The molecule has 1 atom stereocenters. The van der Waals surface area contributed by atoms with Gasteiger partial charge in [0.15, 0.2) is 16.7 Å². The smallest absolute Gasteiger partial charge is 0.296 e. The lowest BCUT2D eigenvalue weighted by Gasteiger charge is -2.24. The molecule has 0 aliphatic carbocycles. The molecule has 2 aromatic carbocycles. The van der Waals surface area contributed by atoms with E-state index in [-0.39, 0.29) is 5.57 Å². The maximum absolute atomic E-state index is 13.2. The van der Waals surface area contributed by atoms with Crippen LogP contribution in [0.5, 0.6) is 5.75 Å². The number of thiazole rings is 1. The molecule has 174 valence electrons. The Labute approximate surface area is 202 Å². The third-order valence-electron chi connectivity index (χ3n) is 5.54. The molecule has 34 heavy (non-hydrogen) atoms. The van der Waals surface area contributed by atoms with Crippen molar-refractivity contribution in [1.29, 1.82) is 0 Å². The van der Waals surface area contributed by atoms with Gasteiger partial charge < -0.3 is 9.84 Å². The number of unbranched alkanes of at least 4 members (excludes halogenated alkanes) is 2. The normalized spacial score (nSPS) is 16.0. The van der Waals surface area contributed by atoms with E-state index < -0.39 is 23.5 Å². The molecule has 0 saturated heterocycles. The van der Waals surface area contributed by atoms with Gasteiger partial charge in [-0.3, -0.25) is 14.5 Å². The second-order valence-electron chi connectivity index (χ2n) is 7.89. The number of amides is 1. The van der Waals surface area contributed by atoms with Crippen molar-refractivity contribution < 1.29 is 19.4 Å². The standard InChI is InChI=1S/C27H26N2O4S/c1-2-3-7-17-33-21-13-11-20(12-14-21)24-23(22(30)15-10-19-8-5-4-6-9-19)25(31)26(32)29(24)27-28-16-18-34-27/h4-6,8-16,18,24,31H,2-3,7,17H2,1H3/b15-10+. The minimum atomic E-state index is -0.791. The molecule has 0 fully saturated rings. The van der Waals surface area contributed by atoms with Gasteiger partial charge in [-0.2, -0.15) is 0 Å². The number of rotatable bonds is 10. The summed E-state index contributed by atoms with van der Waals surface area (Å²) in [5.41, 5.74) is 1.56. The van der Waals surface area contributed by atoms with Crippen molar-refractivity contribution in [1.82, 2.24) is 4.98 Å². The van der Waals surface area contributed by atoms with Gasteiger partial charge in [0.25, 0.3) is 5.91 Å². The zero-order chi connectivity index (χ0) is 23.9. The lowest BCUT2D eigenvalue weighted by Crippen LogP contribution is -2.30. The molecule has 0 bridgehead atoms. The lowest BCUT2D eigenvalue weighted by molar-refractivity contribution is -0.117. The summed E-state index contributed by atoms with van der Waals surface area (Å²) in [7, 11) is 0. The SMILES string of the molecule is CCCCCOc1ccc(C2C(C(=O)/C=C/c3ccccc3)=C(O)C(=O)N2c2nccs2)cc1. The first-order chi connectivity index (χ1) is 16.6. The molecule has 0 spiro atoms. The number of hydrogen-bond acceptors (Lipinski definition) is 6. The molecule has 1 aromatic heterocycles.